The van der Waals surface area contributed by atoms with Crippen LogP contribution in [0, 0.1) is 5.41 Å². The summed E-state index contributed by atoms with van der Waals surface area (Å²) in [4.78, 5) is 9.39. The fourth-order valence-corrected chi connectivity index (χ4v) is 4.11. The van der Waals surface area contributed by atoms with Gasteiger partial charge in [-0.1, -0.05) is 12.8 Å². The second-order valence-electron chi connectivity index (χ2n) is 7.80. The zero-order valence-electron chi connectivity index (χ0n) is 16.6. The average molecular weight is 354 g/mol. The fraction of sp³-hybridized carbons (Fsp3) is 0.947. The minimum Gasteiger partial charge on any atom is -0.385 e. The van der Waals surface area contributed by atoms with Gasteiger partial charge in [-0.25, -0.2) is 0 Å². The standard InChI is InChI=1S/C19H39N5O/c1-20-18(21-10-13-24-12-6-11-23(2)14-15-24)22-17-19(9-16-25-3)7-4-5-8-19/h4-17H2,1-3H3,(H2,20,21,22). The maximum atomic E-state index is 5.33. The van der Waals surface area contributed by atoms with Gasteiger partial charge in [-0.15, -0.1) is 0 Å². The zero-order chi connectivity index (χ0) is 18.0. The van der Waals surface area contributed by atoms with E-state index in [1.54, 1.807) is 7.11 Å². The van der Waals surface area contributed by atoms with Gasteiger partial charge in [0.2, 0.25) is 0 Å². The lowest BCUT2D eigenvalue weighted by Crippen LogP contribution is -2.45. The van der Waals surface area contributed by atoms with E-state index in [4.69, 9.17) is 4.74 Å². The highest BCUT2D eigenvalue weighted by Crippen LogP contribution is 2.40. The first-order chi connectivity index (χ1) is 12.2. The van der Waals surface area contributed by atoms with Crippen molar-refractivity contribution in [1.29, 1.82) is 0 Å². The van der Waals surface area contributed by atoms with Crippen LogP contribution in [0.5, 0.6) is 0 Å². The van der Waals surface area contributed by atoms with Crippen LogP contribution < -0.4 is 10.6 Å². The molecule has 2 rings (SSSR count). The second kappa shape index (κ2) is 11.0. The Morgan fingerprint density at radius 2 is 1.88 bits per heavy atom. The molecule has 2 fully saturated rings. The molecule has 6 nitrogen and oxygen atoms in total. The molecule has 0 aromatic heterocycles. The molecular weight excluding hydrogens is 314 g/mol. The molecule has 0 unspecified atom stereocenters. The predicted molar refractivity (Wildman–Crippen MR) is 105 cm³/mol. The normalized spacial score (nSPS) is 22.8. The molecule has 1 aliphatic heterocycles. The van der Waals surface area contributed by atoms with E-state index in [9.17, 15) is 0 Å². The molecule has 1 aliphatic carbocycles. The molecule has 1 saturated carbocycles. The lowest BCUT2D eigenvalue weighted by Gasteiger charge is -2.30. The topological polar surface area (TPSA) is 52.1 Å². The van der Waals surface area contributed by atoms with Crippen LogP contribution in [0.3, 0.4) is 0 Å². The first-order valence-electron chi connectivity index (χ1n) is 10.0. The number of nitrogens with zero attached hydrogens (tertiary/aromatic N) is 3. The quantitative estimate of drug-likeness (QED) is 0.510. The smallest absolute Gasteiger partial charge is 0.191 e. The Hall–Kier alpha value is -0.850. The molecular formula is C19H39N5O. The molecule has 0 amide bonds. The number of methoxy groups -OCH3 is 1. The summed E-state index contributed by atoms with van der Waals surface area (Å²) in [6.07, 6.45) is 7.73. The van der Waals surface area contributed by atoms with E-state index < -0.39 is 0 Å². The molecule has 6 heteroatoms. The van der Waals surface area contributed by atoms with E-state index in [1.165, 1.54) is 58.3 Å². The van der Waals surface area contributed by atoms with Crippen LogP contribution in [0.2, 0.25) is 0 Å². The third-order valence-electron chi connectivity index (χ3n) is 5.89. The molecule has 0 aromatic rings. The predicted octanol–water partition coefficient (Wildman–Crippen LogP) is 1.39. The molecule has 0 radical (unpaired) electrons. The average Bonchev–Trinajstić information content (AvgIpc) is 2.99. The van der Waals surface area contributed by atoms with Gasteiger partial charge in [-0.3, -0.25) is 4.99 Å². The van der Waals surface area contributed by atoms with Gasteiger partial charge in [-0.2, -0.15) is 0 Å². The highest BCUT2D eigenvalue weighted by atomic mass is 16.5. The molecule has 2 N–H and O–H groups in total. The molecule has 146 valence electrons. The minimum atomic E-state index is 0.392. The minimum absolute atomic E-state index is 0.392. The first kappa shape index (κ1) is 20.5. The summed E-state index contributed by atoms with van der Waals surface area (Å²) in [5.74, 6) is 0.940. The lowest BCUT2D eigenvalue weighted by molar-refractivity contribution is 0.138. The van der Waals surface area contributed by atoms with Gasteiger partial charge < -0.3 is 25.2 Å². The second-order valence-corrected chi connectivity index (χ2v) is 7.80. The van der Waals surface area contributed by atoms with Gasteiger partial charge in [0.05, 0.1) is 0 Å². The van der Waals surface area contributed by atoms with Crippen molar-refractivity contribution in [3.05, 3.63) is 0 Å². The molecule has 1 saturated heterocycles. The van der Waals surface area contributed by atoms with Gasteiger partial charge in [0.15, 0.2) is 5.96 Å². The van der Waals surface area contributed by atoms with Gasteiger partial charge in [0.1, 0.15) is 0 Å². The maximum Gasteiger partial charge on any atom is 0.191 e. The van der Waals surface area contributed by atoms with E-state index in [2.05, 4.69) is 32.5 Å². The third-order valence-corrected chi connectivity index (χ3v) is 5.89. The maximum absolute atomic E-state index is 5.33. The number of hydrogen-bond acceptors (Lipinski definition) is 4. The Labute approximate surface area is 154 Å². The van der Waals surface area contributed by atoms with Crippen LogP contribution in [0.1, 0.15) is 38.5 Å². The van der Waals surface area contributed by atoms with Crippen molar-refractivity contribution < 1.29 is 4.74 Å². The van der Waals surface area contributed by atoms with E-state index in [-0.39, 0.29) is 0 Å². The van der Waals surface area contributed by atoms with Crippen molar-refractivity contribution in [2.45, 2.75) is 38.5 Å². The van der Waals surface area contributed by atoms with Gasteiger partial charge in [0, 0.05) is 53.5 Å². The van der Waals surface area contributed by atoms with Crippen molar-refractivity contribution >= 4 is 5.96 Å². The van der Waals surface area contributed by atoms with Crippen LogP contribution in [0.4, 0.5) is 0 Å². The largest absolute Gasteiger partial charge is 0.385 e. The van der Waals surface area contributed by atoms with Crippen LogP contribution in [0.15, 0.2) is 4.99 Å². The summed E-state index contributed by atoms with van der Waals surface area (Å²) in [7, 11) is 5.89. The summed E-state index contributed by atoms with van der Waals surface area (Å²) < 4.78 is 5.33. The Balaban J connectivity index is 1.69. The number of rotatable bonds is 8. The monoisotopic (exact) mass is 353 g/mol. The third kappa shape index (κ3) is 7.12. The number of aliphatic imine (C=N–C) groups is 1. The number of hydrogen-bond donors (Lipinski definition) is 2. The first-order valence-corrected chi connectivity index (χ1v) is 10.0. The van der Waals surface area contributed by atoms with Crippen LogP contribution in [0.25, 0.3) is 0 Å². The van der Waals surface area contributed by atoms with E-state index in [1.807, 2.05) is 7.05 Å². The van der Waals surface area contributed by atoms with Gasteiger partial charge in [-0.05, 0) is 51.2 Å². The van der Waals surface area contributed by atoms with E-state index in [0.717, 1.165) is 38.6 Å². The van der Waals surface area contributed by atoms with Crippen molar-refractivity contribution in [2.24, 2.45) is 10.4 Å². The van der Waals surface area contributed by atoms with Crippen molar-refractivity contribution in [3.8, 4) is 0 Å². The summed E-state index contributed by atoms with van der Waals surface area (Å²) in [5, 5.41) is 7.07. The van der Waals surface area contributed by atoms with Crippen molar-refractivity contribution in [1.82, 2.24) is 20.4 Å². The van der Waals surface area contributed by atoms with E-state index in [0.29, 0.717) is 5.41 Å². The van der Waals surface area contributed by atoms with Gasteiger partial charge in [0.25, 0.3) is 0 Å². The molecule has 0 bridgehead atoms. The van der Waals surface area contributed by atoms with Crippen molar-refractivity contribution in [3.63, 3.8) is 0 Å². The van der Waals surface area contributed by atoms with Crippen LogP contribution in [-0.4, -0.2) is 89.4 Å². The van der Waals surface area contributed by atoms with Gasteiger partial charge >= 0.3 is 0 Å². The highest BCUT2D eigenvalue weighted by Gasteiger charge is 2.33. The number of nitrogens with one attached hydrogen (secondary N) is 2. The van der Waals surface area contributed by atoms with Crippen molar-refractivity contribution in [2.75, 3.05) is 73.6 Å². The van der Waals surface area contributed by atoms with E-state index >= 15 is 0 Å². The molecule has 1 heterocycles. The summed E-state index contributed by atoms with van der Waals surface area (Å²) >= 11 is 0. The SMILES string of the molecule is CN=C(NCCN1CCCN(C)CC1)NCC1(CCOC)CCCC1. The Kier molecular flexibility index (Phi) is 8.99. The number of ether oxygens (including phenoxy) is 1. The summed E-state index contributed by atoms with van der Waals surface area (Å²) in [6.45, 7) is 8.67. The lowest BCUT2D eigenvalue weighted by atomic mass is 9.83. The molecule has 0 atom stereocenters. The number of likely N-dealkylation sites (N-methyl/N-ethyl adjacent to an activating group) is 1. The highest BCUT2D eigenvalue weighted by molar-refractivity contribution is 5.79. The Bertz CT molecular complexity index is 395. The fourth-order valence-electron chi connectivity index (χ4n) is 4.11. The molecule has 2 aliphatic rings. The molecule has 25 heavy (non-hydrogen) atoms. The number of guanidine groups is 1. The molecule has 0 aromatic carbocycles. The molecule has 0 spiro atoms. The van der Waals surface area contributed by atoms with Crippen LogP contribution >= 0.6 is 0 Å². The summed E-state index contributed by atoms with van der Waals surface area (Å²) in [6, 6.07) is 0. The zero-order valence-corrected chi connectivity index (χ0v) is 16.6. The Morgan fingerprint density at radius 3 is 2.60 bits per heavy atom. The Morgan fingerprint density at radius 1 is 1.08 bits per heavy atom. The summed E-state index contributed by atoms with van der Waals surface area (Å²) in [5.41, 5.74) is 0.392. The van der Waals surface area contributed by atoms with Crippen LogP contribution in [-0.2, 0) is 4.74 Å².